The number of carboxylic acid groups (broad SMARTS) is 1. The summed E-state index contributed by atoms with van der Waals surface area (Å²) in [5.41, 5.74) is 1.39. The minimum Gasteiger partial charge on any atom is -0.475 e. The Morgan fingerprint density at radius 2 is 2.17 bits per heavy atom. The van der Waals surface area contributed by atoms with E-state index in [9.17, 15) is 9.90 Å². The Morgan fingerprint density at radius 3 is 2.91 bits per heavy atom. The van der Waals surface area contributed by atoms with E-state index in [0.29, 0.717) is 18.0 Å². The van der Waals surface area contributed by atoms with Crippen molar-refractivity contribution in [3.63, 3.8) is 0 Å². The van der Waals surface area contributed by atoms with Crippen LogP contribution in [-0.2, 0) is 11.3 Å². The van der Waals surface area contributed by atoms with Crippen molar-refractivity contribution < 1.29 is 19.1 Å². The van der Waals surface area contributed by atoms with Crippen LogP contribution in [0, 0.1) is 5.92 Å². The first kappa shape index (κ1) is 16.0. The van der Waals surface area contributed by atoms with Gasteiger partial charge in [0.25, 0.3) is 0 Å². The normalized spacial score (nSPS) is 20.0. The summed E-state index contributed by atoms with van der Waals surface area (Å²) < 4.78 is 11.4. The van der Waals surface area contributed by atoms with Crippen molar-refractivity contribution in [1.82, 2.24) is 4.90 Å². The average molecular weight is 317 g/mol. The summed E-state index contributed by atoms with van der Waals surface area (Å²) >= 11 is 0. The van der Waals surface area contributed by atoms with Gasteiger partial charge < -0.3 is 14.3 Å². The molecule has 0 unspecified atom stereocenters. The van der Waals surface area contributed by atoms with Gasteiger partial charge in [0.15, 0.2) is 0 Å². The van der Waals surface area contributed by atoms with Crippen LogP contribution in [-0.4, -0.2) is 41.8 Å². The van der Waals surface area contributed by atoms with Gasteiger partial charge in [0.1, 0.15) is 5.58 Å². The zero-order chi connectivity index (χ0) is 16.4. The summed E-state index contributed by atoms with van der Waals surface area (Å²) in [6, 6.07) is 7.51. The van der Waals surface area contributed by atoms with Crippen molar-refractivity contribution in [2.45, 2.75) is 32.9 Å². The van der Waals surface area contributed by atoms with Gasteiger partial charge in [-0.25, -0.2) is 4.79 Å². The highest BCUT2D eigenvalue weighted by atomic mass is 16.5. The Hall–Kier alpha value is -1.85. The Bertz CT molecular complexity index is 691. The summed E-state index contributed by atoms with van der Waals surface area (Å²) in [5.74, 6) is -0.518. The lowest BCUT2D eigenvalue weighted by atomic mass is 10.1. The monoisotopic (exact) mass is 317 g/mol. The lowest BCUT2D eigenvalue weighted by molar-refractivity contribution is 0.0222. The number of furan rings is 1. The quantitative estimate of drug-likeness (QED) is 0.936. The maximum atomic E-state index is 11.5. The van der Waals surface area contributed by atoms with E-state index in [4.69, 9.17) is 9.15 Å². The number of rotatable bonds is 4. The Balaban J connectivity index is 1.90. The van der Waals surface area contributed by atoms with Crippen molar-refractivity contribution in [3.05, 3.63) is 35.6 Å². The number of fused-ring (bicyclic) bond motifs is 1. The van der Waals surface area contributed by atoms with Crippen molar-refractivity contribution >= 4 is 16.9 Å². The molecule has 0 radical (unpaired) electrons. The average Bonchev–Trinajstić information content (AvgIpc) is 2.72. The standard InChI is InChI=1S/C18H23NO4/c1-12(2)16-11-19(8-5-9-22-16)10-14-13-6-3-4-7-15(13)23-17(14)18(20)21/h3-4,6-7,12,16H,5,8-11H2,1-2H3,(H,20,21)/t16-/m0/s1. The summed E-state index contributed by atoms with van der Waals surface area (Å²) in [4.78, 5) is 13.8. The summed E-state index contributed by atoms with van der Waals surface area (Å²) in [5, 5.41) is 10.3. The first-order valence-electron chi connectivity index (χ1n) is 8.14. The third-order valence-electron chi connectivity index (χ3n) is 4.41. The highest BCUT2D eigenvalue weighted by Crippen LogP contribution is 2.28. The molecule has 1 aromatic carbocycles. The molecule has 5 nitrogen and oxygen atoms in total. The lowest BCUT2D eigenvalue weighted by Crippen LogP contribution is -2.34. The third kappa shape index (κ3) is 3.41. The van der Waals surface area contributed by atoms with Crippen LogP contribution in [0.5, 0.6) is 0 Å². The molecule has 23 heavy (non-hydrogen) atoms. The number of aromatic carboxylic acids is 1. The second-order valence-electron chi connectivity index (χ2n) is 6.45. The minimum absolute atomic E-state index is 0.0532. The van der Waals surface area contributed by atoms with Gasteiger partial charge in [0, 0.05) is 37.2 Å². The van der Waals surface area contributed by atoms with Crippen molar-refractivity contribution in [2.75, 3.05) is 19.7 Å². The molecular formula is C18H23NO4. The predicted octanol–water partition coefficient (Wildman–Crippen LogP) is 3.38. The van der Waals surface area contributed by atoms with Gasteiger partial charge in [-0.2, -0.15) is 0 Å². The Labute approximate surface area is 135 Å². The molecule has 1 aromatic heterocycles. The van der Waals surface area contributed by atoms with Gasteiger partial charge in [0.2, 0.25) is 5.76 Å². The van der Waals surface area contributed by atoms with Crippen LogP contribution < -0.4 is 0 Å². The van der Waals surface area contributed by atoms with Crippen LogP contribution in [0.2, 0.25) is 0 Å². The molecule has 124 valence electrons. The smallest absolute Gasteiger partial charge is 0.372 e. The molecule has 0 saturated carbocycles. The summed E-state index contributed by atoms with van der Waals surface area (Å²) in [7, 11) is 0. The van der Waals surface area contributed by atoms with E-state index >= 15 is 0 Å². The van der Waals surface area contributed by atoms with E-state index < -0.39 is 5.97 Å². The van der Waals surface area contributed by atoms with Crippen LogP contribution >= 0.6 is 0 Å². The van der Waals surface area contributed by atoms with Crippen LogP contribution in [0.4, 0.5) is 0 Å². The number of carbonyl (C=O) groups is 1. The fraction of sp³-hybridized carbons (Fsp3) is 0.500. The number of ether oxygens (including phenoxy) is 1. The number of para-hydroxylation sites is 1. The molecule has 0 aliphatic carbocycles. The van der Waals surface area contributed by atoms with Gasteiger partial charge in [-0.1, -0.05) is 32.0 Å². The van der Waals surface area contributed by atoms with Gasteiger partial charge in [-0.3, -0.25) is 4.90 Å². The molecule has 1 aliphatic rings. The molecule has 1 fully saturated rings. The van der Waals surface area contributed by atoms with Gasteiger partial charge in [0.05, 0.1) is 6.10 Å². The van der Waals surface area contributed by atoms with E-state index in [0.717, 1.165) is 37.1 Å². The van der Waals surface area contributed by atoms with Crippen LogP contribution in [0.15, 0.2) is 28.7 Å². The fourth-order valence-corrected chi connectivity index (χ4v) is 3.12. The molecule has 3 rings (SSSR count). The number of hydrogen-bond donors (Lipinski definition) is 1. The van der Waals surface area contributed by atoms with E-state index in [1.807, 2.05) is 24.3 Å². The molecule has 1 saturated heterocycles. The van der Waals surface area contributed by atoms with Crippen LogP contribution in [0.25, 0.3) is 11.0 Å². The zero-order valence-electron chi connectivity index (χ0n) is 13.6. The molecule has 1 N–H and O–H groups in total. The van der Waals surface area contributed by atoms with Gasteiger partial charge in [-0.15, -0.1) is 0 Å². The second kappa shape index (κ2) is 6.72. The maximum Gasteiger partial charge on any atom is 0.372 e. The van der Waals surface area contributed by atoms with Gasteiger partial charge in [-0.05, 0) is 18.4 Å². The lowest BCUT2D eigenvalue weighted by Gasteiger charge is -2.25. The summed E-state index contributed by atoms with van der Waals surface area (Å²) in [6.07, 6.45) is 1.14. The minimum atomic E-state index is -1.01. The number of hydrogen-bond acceptors (Lipinski definition) is 4. The van der Waals surface area contributed by atoms with E-state index in [2.05, 4.69) is 18.7 Å². The van der Waals surface area contributed by atoms with Crippen molar-refractivity contribution in [2.24, 2.45) is 5.92 Å². The van der Waals surface area contributed by atoms with Crippen molar-refractivity contribution in [3.8, 4) is 0 Å². The molecule has 1 aliphatic heterocycles. The molecule has 5 heteroatoms. The SMILES string of the molecule is CC(C)[C@@H]1CN(Cc2c(C(=O)O)oc3ccccc23)CCCO1. The highest BCUT2D eigenvalue weighted by Gasteiger charge is 2.25. The van der Waals surface area contributed by atoms with Gasteiger partial charge >= 0.3 is 5.97 Å². The Morgan fingerprint density at radius 1 is 1.39 bits per heavy atom. The Kier molecular flexibility index (Phi) is 4.68. The molecular weight excluding hydrogens is 294 g/mol. The predicted molar refractivity (Wildman–Crippen MR) is 87.6 cm³/mol. The molecule has 2 heterocycles. The molecule has 0 spiro atoms. The van der Waals surface area contributed by atoms with E-state index in [1.165, 1.54) is 0 Å². The number of nitrogens with zero attached hydrogens (tertiary/aromatic N) is 1. The van der Waals surface area contributed by atoms with E-state index in [1.54, 1.807) is 0 Å². The highest BCUT2D eigenvalue weighted by molar-refractivity contribution is 5.95. The molecule has 2 aromatic rings. The summed E-state index contributed by atoms with van der Waals surface area (Å²) in [6.45, 7) is 7.37. The molecule has 0 bridgehead atoms. The largest absolute Gasteiger partial charge is 0.475 e. The van der Waals surface area contributed by atoms with Crippen LogP contribution in [0.1, 0.15) is 36.4 Å². The first-order chi connectivity index (χ1) is 11.1. The molecule has 1 atom stereocenters. The number of carboxylic acids is 1. The van der Waals surface area contributed by atoms with Crippen LogP contribution in [0.3, 0.4) is 0 Å². The molecule has 0 amide bonds. The topological polar surface area (TPSA) is 62.9 Å². The first-order valence-corrected chi connectivity index (χ1v) is 8.14. The zero-order valence-corrected chi connectivity index (χ0v) is 13.6. The fourth-order valence-electron chi connectivity index (χ4n) is 3.12. The van der Waals surface area contributed by atoms with Crippen molar-refractivity contribution in [1.29, 1.82) is 0 Å². The maximum absolute atomic E-state index is 11.5. The second-order valence-corrected chi connectivity index (χ2v) is 6.45. The van der Waals surface area contributed by atoms with E-state index in [-0.39, 0.29) is 11.9 Å². The number of benzene rings is 1. The third-order valence-corrected chi connectivity index (χ3v) is 4.41.